The fourth-order valence-corrected chi connectivity index (χ4v) is 5.15. The number of benzene rings is 1. The fourth-order valence-electron chi connectivity index (χ4n) is 3.27. The Morgan fingerprint density at radius 3 is 2.44 bits per heavy atom. The summed E-state index contributed by atoms with van der Waals surface area (Å²) in [6.07, 6.45) is -0.344. The van der Waals surface area contributed by atoms with Gasteiger partial charge in [-0.25, -0.2) is 4.79 Å². The summed E-state index contributed by atoms with van der Waals surface area (Å²) in [5.41, 5.74) is 1.20. The second-order valence-electron chi connectivity index (χ2n) is 7.34. The van der Waals surface area contributed by atoms with Crippen LogP contribution in [-0.4, -0.2) is 46.6 Å². The summed E-state index contributed by atoms with van der Waals surface area (Å²) in [5.74, 6) is 1.51. The fraction of sp³-hybridized carbons (Fsp3) is 0.391. The summed E-state index contributed by atoms with van der Waals surface area (Å²) in [5, 5.41) is 12.5. The molecule has 1 N–H and O–H groups in total. The number of anilines is 1. The van der Waals surface area contributed by atoms with Crippen LogP contribution in [0.3, 0.4) is 0 Å². The van der Waals surface area contributed by atoms with E-state index < -0.39 is 5.97 Å². The number of nitrogens with zero attached hydrogens (tertiary/aromatic N) is 3. The molecule has 0 aliphatic rings. The topological polar surface area (TPSA) is 105 Å². The highest BCUT2D eigenvalue weighted by Gasteiger charge is 2.23. The first-order chi connectivity index (χ1) is 16.3. The zero-order valence-corrected chi connectivity index (χ0v) is 21.6. The van der Waals surface area contributed by atoms with E-state index in [1.807, 2.05) is 56.5 Å². The summed E-state index contributed by atoms with van der Waals surface area (Å²) in [6.45, 7) is 8.24. The van der Waals surface area contributed by atoms with Crippen molar-refractivity contribution in [2.24, 2.45) is 0 Å². The van der Waals surface area contributed by atoms with Gasteiger partial charge in [0, 0.05) is 11.4 Å². The largest absolute Gasteiger partial charge is 0.497 e. The molecule has 9 nitrogen and oxygen atoms in total. The molecule has 0 saturated heterocycles. The third-order valence-electron chi connectivity index (χ3n) is 5.16. The third kappa shape index (κ3) is 5.71. The molecule has 0 saturated carbocycles. The number of hydrogen-bond acceptors (Lipinski definition) is 9. The number of amides is 1. The third-order valence-corrected chi connectivity index (χ3v) is 7.25. The number of hydrogen-bond donors (Lipinski definition) is 1. The Balaban J connectivity index is 1.66. The highest BCUT2D eigenvalue weighted by Crippen LogP contribution is 2.33. The normalized spacial score (nSPS) is 11.7. The molecule has 1 aromatic carbocycles. The van der Waals surface area contributed by atoms with E-state index in [1.54, 1.807) is 7.11 Å². The second-order valence-corrected chi connectivity index (χ2v) is 9.50. The Morgan fingerprint density at radius 2 is 1.82 bits per heavy atom. The molecular formula is C23H28N4O5S2. The lowest BCUT2D eigenvalue weighted by atomic mass is 10.1. The van der Waals surface area contributed by atoms with E-state index in [9.17, 15) is 9.59 Å². The zero-order valence-electron chi connectivity index (χ0n) is 20.0. The average Bonchev–Trinajstić information content (AvgIpc) is 3.37. The SMILES string of the molecule is CCn1c(SCC(=O)Nc2sc(C)c(C)c2C(=O)OC)nnc1C(C)Oc1ccc(OC)cc1. The number of carbonyl (C=O) groups is 2. The van der Waals surface area contributed by atoms with Crippen LogP contribution in [0.15, 0.2) is 29.4 Å². The maximum absolute atomic E-state index is 12.6. The lowest BCUT2D eigenvalue weighted by Gasteiger charge is -2.15. The summed E-state index contributed by atoms with van der Waals surface area (Å²) in [7, 11) is 2.94. The molecule has 0 aliphatic carbocycles. The molecule has 0 aliphatic heterocycles. The first kappa shape index (κ1) is 25.6. The lowest BCUT2D eigenvalue weighted by molar-refractivity contribution is -0.113. The minimum absolute atomic E-state index is 0.114. The predicted octanol–water partition coefficient (Wildman–Crippen LogP) is 4.64. The van der Waals surface area contributed by atoms with Gasteiger partial charge in [-0.05, 0) is 57.5 Å². The predicted molar refractivity (Wildman–Crippen MR) is 132 cm³/mol. The number of ether oxygens (including phenoxy) is 3. The summed E-state index contributed by atoms with van der Waals surface area (Å²) < 4.78 is 18.0. The smallest absolute Gasteiger partial charge is 0.341 e. The van der Waals surface area contributed by atoms with E-state index in [0.717, 1.165) is 16.2 Å². The van der Waals surface area contributed by atoms with Gasteiger partial charge in [0.1, 0.15) is 16.5 Å². The summed E-state index contributed by atoms with van der Waals surface area (Å²) >= 11 is 2.63. The maximum Gasteiger partial charge on any atom is 0.341 e. The van der Waals surface area contributed by atoms with Crippen molar-refractivity contribution in [3.63, 3.8) is 0 Å². The number of aryl methyl sites for hydroxylation is 1. The summed E-state index contributed by atoms with van der Waals surface area (Å²) in [6, 6.07) is 7.32. The molecule has 1 atom stereocenters. The van der Waals surface area contributed by atoms with Crippen LogP contribution in [0.1, 0.15) is 46.6 Å². The van der Waals surface area contributed by atoms with Crippen LogP contribution < -0.4 is 14.8 Å². The Morgan fingerprint density at radius 1 is 1.15 bits per heavy atom. The van der Waals surface area contributed by atoms with Crippen LogP contribution in [0.2, 0.25) is 0 Å². The molecule has 0 spiro atoms. The molecule has 0 fully saturated rings. The van der Waals surface area contributed by atoms with Crippen molar-refractivity contribution < 1.29 is 23.8 Å². The van der Waals surface area contributed by atoms with Gasteiger partial charge in [0.05, 0.1) is 25.5 Å². The van der Waals surface area contributed by atoms with Crippen molar-refractivity contribution in [3.05, 3.63) is 46.1 Å². The molecule has 1 amide bonds. The number of methoxy groups -OCH3 is 2. The number of rotatable bonds is 10. The summed E-state index contributed by atoms with van der Waals surface area (Å²) in [4.78, 5) is 25.7. The Labute approximate surface area is 206 Å². The number of thioether (sulfide) groups is 1. The first-order valence-corrected chi connectivity index (χ1v) is 12.4. The van der Waals surface area contributed by atoms with Crippen LogP contribution in [0.4, 0.5) is 5.00 Å². The Kier molecular flexibility index (Phi) is 8.56. The van der Waals surface area contributed by atoms with Gasteiger partial charge in [0.15, 0.2) is 17.1 Å². The van der Waals surface area contributed by atoms with Crippen LogP contribution in [-0.2, 0) is 16.1 Å². The van der Waals surface area contributed by atoms with Gasteiger partial charge in [-0.2, -0.15) is 0 Å². The monoisotopic (exact) mass is 504 g/mol. The molecule has 2 heterocycles. The molecule has 11 heteroatoms. The van der Waals surface area contributed by atoms with Crippen molar-refractivity contribution in [1.82, 2.24) is 14.8 Å². The molecule has 1 unspecified atom stereocenters. The highest BCUT2D eigenvalue weighted by atomic mass is 32.2. The van der Waals surface area contributed by atoms with Crippen LogP contribution >= 0.6 is 23.1 Å². The van der Waals surface area contributed by atoms with Crippen molar-refractivity contribution in [1.29, 1.82) is 0 Å². The van der Waals surface area contributed by atoms with Gasteiger partial charge in [0.25, 0.3) is 0 Å². The quantitative estimate of drug-likeness (QED) is 0.314. The van der Waals surface area contributed by atoms with Crippen molar-refractivity contribution >= 4 is 40.0 Å². The van der Waals surface area contributed by atoms with E-state index in [2.05, 4.69) is 15.5 Å². The second kappa shape index (κ2) is 11.4. The number of carbonyl (C=O) groups excluding carboxylic acids is 2. The number of nitrogens with one attached hydrogen (secondary N) is 1. The molecule has 3 aromatic rings. The van der Waals surface area contributed by atoms with E-state index in [-0.39, 0.29) is 17.8 Å². The zero-order chi connectivity index (χ0) is 24.8. The van der Waals surface area contributed by atoms with E-state index in [0.29, 0.717) is 33.8 Å². The van der Waals surface area contributed by atoms with Crippen LogP contribution in [0.25, 0.3) is 0 Å². The van der Waals surface area contributed by atoms with Gasteiger partial charge in [-0.15, -0.1) is 21.5 Å². The number of aromatic nitrogens is 3. The van der Waals surface area contributed by atoms with Gasteiger partial charge in [-0.3, -0.25) is 4.79 Å². The Hall–Kier alpha value is -3.05. The van der Waals surface area contributed by atoms with Crippen molar-refractivity contribution in [3.8, 4) is 11.5 Å². The molecule has 0 bridgehead atoms. The molecular weight excluding hydrogens is 476 g/mol. The van der Waals surface area contributed by atoms with Crippen molar-refractivity contribution in [2.75, 3.05) is 25.3 Å². The van der Waals surface area contributed by atoms with Gasteiger partial charge < -0.3 is 24.1 Å². The van der Waals surface area contributed by atoms with Gasteiger partial charge in [-0.1, -0.05) is 11.8 Å². The van der Waals surface area contributed by atoms with Crippen LogP contribution in [0.5, 0.6) is 11.5 Å². The van der Waals surface area contributed by atoms with Gasteiger partial charge in [0.2, 0.25) is 5.91 Å². The molecule has 3 rings (SSSR count). The molecule has 2 aromatic heterocycles. The maximum atomic E-state index is 12.6. The van der Waals surface area contributed by atoms with E-state index in [1.165, 1.54) is 30.2 Å². The standard InChI is InChI=1S/C23H28N4O5S2/c1-7-27-20(14(3)32-17-10-8-16(30-5)9-11-17)25-26-23(27)33-12-18(28)24-21-19(22(29)31-6)13(2)15(4)34-21/h8-11,14H,7,12H2,1-6H3,(H,24,28). The molecule has 182 valence electrons. The Bertz CT molecular complexity index is 1160. The van der Waals surface area contributed by atoms with Crippen molar-refractivity contribution in [2.45, 2.75) is 45.5 Å². The van der Waals surface area contributed by atoms with E-state index >= 15 is 0 Å². The molecule has 34 heavy (non-hydrogen) atoms. The number of esters is 1. The van der Waals surface area contributed by atoms with E-state index in [4.69, 9.17) is 14.2 Å². The average molecular weight is 505 g/mol. The number of thiophene rings is 1. The first-order valence-electron chi connectivity index (χ1n) is 10.6. The lowest BCUT2D eigenvalue weighted by Crippen LogP contribution is -2.17. The van der Waals surface area contributed by atoms with Gasteiger partial charge >= 0.3 is 5.97 Å². The van der Waals surface area contributed by atoms with Crippen LogP contribution in [0, 0.1) is 13.8 Å². The minimum Gasteiger partial charge on any atom is -0.497 e. The molecule has 0 radical (unpaired) electrons. The highest BCUT2D eigenvalue weighted by molar-refractivity contribution is 7.99. The minimum atomic E-state index is -0.467.